The largest absolute Gasteiger partial charge is 0.462 e. The van der Waals surface area contributed by atoms with Crippen molar-refractivity contribution in [1.82, 2.24) is 4.98 Å². The smallest absolute Gasteiger partial charge is 0.341 e. The van der Waals surface area contributed by atoms with Crippen molar-refractivity contribution in [3.8, 4) is 0 Å². The van der Waals surface area contributed by atoms with Crippen LogP contribution in [-0.2, 0) is 4.74 Å². The zero-order valence-corrected chi connectivity index (χ0v) is 12.8. The summed E-state index contributed by atoms with van der Waals surface area (Å²) in [6.07, 6.45) is 5.25. The molecular weight excluding hydrogens is 268 g/mol. The molecule has 1 aliphatic rings. The quantitative estimate of drug-likeness (QED) is 0.816. The summed E-state index contributed by atoms with van der Waals surface area (Å²) in [4.78, 5) is 16.1. The normalized spacial score (nSPS) is 25.4. The standard InChI is InChI=1S/C16H24N2O3/c1-3-21-15(19)13-5-4-10-17-14(13)18-11-16(20)8-6-12(2)7-9-16/h4-5,10,12,20H,3,6-9,11H2,1-2H3,(H,17,18). The van der Waals surface area contributed by atoms with Crippen molar-refractivity contribution in [2.75, 3.05) is 18.5 Å². The van der Waals surface area contributed by atoms with Gasteiger partial charge in [0, 0.05) is 12.7 Å². The van der Waals surface area contributed by atoms with E-state index in [1.54, 1.807) is 25.3 Å². The highest BCUT2D eigenvalue weighted by atomic mass is 16.5. The number of anilines is 1. The monoisotopic (exact) mass is 292 g/mol. The van der Waals surface area contributed by atoms with Gasteiger partial charge in [0.2, 0.25) is 0 Å². The number of ether oxygens (including phenoxy) is 1. The van der Waals surface area contributed by atoms with Gasteiger partial charge in [0.15, 0.2) is 0 Å². The molecule has 0 saturated heterocycles. The second-order valence-corrected chi connectivity index (χ2v) is 5.88. The van der Waals surface area contributed by atoms with Crippen LogP contribution >= 0.6 is 0 Å². The minimum atomic E-state index is -0.712. The Kier molecular flexibility index (Phi) is 5.17. The minimum Gasteiger partial charge on any atom is -0.462 e. The Balaban J connectivity index is 2.01. The van der Waals surface area contributed by atoms with Gasteiger partial charge >= 0.3 is 5.97 Å². The molecule has 0 bridgehead atoms. The molecule has 5 heteroatoms. The lowest BCUT2D eigenvalue weighted by Gasteiger charge is -2.35. The highest BCUT2D eigenvalue weighted by Crippen LogP contribution is 2.32. The first kappa shape index (κ1) is 15.8. The summed E-state index contributed by atoms with van der Waals surface area (Å²) in [7, 11) is 0. The first-order valence-corrected chi connectivity index (χ1v) is 7.62. The fourth-order valence-electron chi connectivity index (χ4n) is 2.64. The summed E-state index contributed by atoms with van der Waals surface area (Å²) < 4.78 is 5.02. The zero-order valence-electron chi connectivity index (χ0n) is 12.8. The maximum absolute atomic E-state index is 11.9. The fourth-order valence-corrected chi connectivity index (χ4v) is 2.64. The Morgan fingerprint density at radius 2 is 2.24 bits per heavy atom. The number of carbonyl (C=O) groups is 1. The van der Waals surface area contributed by atoms with Gasteiger partial charge < -0.3 is 15.2 Å². The van der Waals surface area contributed by atoms with Crippen LogP contribution in [0.25, 0.3) is 0 Å². The summed E-state index contributed by atoms with van der Waals surface area (Å²) in [6, 6.07) is 3.38. The highest BCUT2D eigenvalue weighted by molar-refractivity contribution is 5.94. The molecule has 0 spiro atoms. The molecule has 0 unspecified atom stereocenters. The number of esters is 1. The van der Waals surface area contributed by atoms with Gasteiger partial charge in [-0.05, 0) is 50.7 Å². The van der Waals surface area contributed by atoms with E-state index in [2.05, 4.69) is 17.2 Å². The maximum Gasteiger partial charge on any atom is 0.341 e. The molecule has 1 aromatic heterocycles. The minimum absolute atomic E-state index is 0.328. The van der Waals surface area contributed by atoms with E-state index in [4.69, 9.17) is 4.74 Å². The lowest BCUT2D eigenvalue weighted by atomic mass is 9.79. The Bertz CT molecular complexity index is 482. The number of hydrogen-bond acceptors (Lipinski definition) is 5. The molecular formula is C16H24N2O3. The Morgan fingerprint density at radius 3 is 2.90 bits per heavy atom. The number of carbonyl (C=O) groups excluding carboxylic acids is 1. The zero-order chi connectivity index (χ0) is 15.3. The number of aliphatic hydroxyl groups is 1. The van der Waals surface area contributed by atoms with Crippen LogP contribution < -0.4 is 5.32 Å². The van der Waals surface area contributed by atoms with Crippen LogP contribution in [0, 0.1) is 5.92 Å². The van der Waals surface area contributed by atoms with E-state index in [1.165, 1.54) is 0 Å². The van der Waals surface area contributed by atoms with Crippen LogP contribution in [0.2, 0.25) is 0 Å². The van der Waals surface area contributed by atoms with Gasteiger partial charge in [-0.2, -0.15) is 0 Å². The molecule has 21 heavy (non-hydrogen) atoms. The fraction of sp³-hybridized carbons (Fsp3) is 0.625. The van der Waals surface area contributed by atoms with Crippen LogP contribution in [0.1, 0.15) is 49.9 Å². The van der Waals surface area contributed by atoms with E-state index >= 15 is 0 Å². The van der Waals surface area contributed by atoms with Gasteiger partial charge in [0.05, 0.1) is 12.2 Å². The SMILES string of the molecule is CCOC(=O)c1cccnc1NCC1(O)CCC(C)CC1. The Hall–Kier alpha value is -1.62. The molecule has 1 fully saturated rings. The van der Waals surface area contributed by atoms with Crippen molar-refractivity contribution in [2.24, 2.45) is 5.92 Å². The number of hydrogen-bond donors (Lipinski definition) is 2. The van der Waals surface area contributed by atoms with Crippen LogP contribution in [0.15, 0.2) is 18.3 Å². The first-order chi connectivity index (χ1) is 10.0. The molecule has 1 heterocycles. The van der Waals surface area contributed by atoms with Gasteiger partial charge in [0.25, 0.3) is 0 Å². The predicted molar refractivity (Wildman–Crippen MR) is 81.3 cm³/mol. The van der Waals surface area contributed by atoms with E-state index in [0.717, 1.165) is 25.7 Å². The van der Waals surface area contributed by atoms with E-state index < -0.39 is 11.6 Å². The molecule has 2 rings (SSSR count). The summed E-state index contributed by atoms with van der Waals surface area (Å²) >= 11 is 0. The molecule has 116 valence electrons. The summed E-state index contributed by atoms with van der Waals surface area (Å²) in [5.74, 6) is 0.760. The van der Waals surface area contributed by atoms with Gasteiger partial charge in [0.1, 0.15) is 11.4 Å². The second kappa shape index (κ2) is 6.89. The average Bonchev–Trinajstić information content (AvgIpc) is 2.49. The lowest BCUT2D eigenvalue weighted by molar-refractivity contribution is 0.00488. The lowest BCUT2D eigenvalue weighted by Crippen LogP contribution is -2.40. The number of pyridine rings is 1. The molecule has 0 aromatic carbocycles. The molecule has 0 atom stereocenters. The van der Waals surface area contributed by atoms with Gasteiger partial charge in [-0.3, -0.25) is 0 Å². The highest BCUT2D eigenvalue weighted by Gasteiger charge is 2.32. The molecule has 2 N–H and O–H groups in total. The molecule has 5 nitrogen and oxygen atoms in total. The molecule has 1 aliphatic carbocycles. The molecule has 0 amide bonds. The third-order valence-corrected chi connectivity index (χ3v) is 4.09. The summed E-state index contributed by atoms with van der Waals surface area (Å²) in [5.41, 5.74) is -0.303. The Labute approximate surface area is 125 Å². The third kappa shape index (κ3) is 4.17. The summed E-state index contributed by atoms with van der Waals surface area (Å²) in [5, 5.41) is 13.7. The van der Waals surface area contributed by atoms with Gasteiger partial charge in [-0.25, -0.2) is 9.78 Å². The van der Waals surface area contributed by atoms with Crippen molar-refractivity contribution in [3.63, 3.8) is 0 Å². The second-order valence-electron chi connectivity index (χ2n) is 5.88. The van der Waals surface area contributed by atoms with Crippen molar-refractivity contribution in [2.45, 2.75) is 45.1 Å². The first-order valence-electron chi connectivity index (χ1n) is 7.62. The van der Waals surface area contributed by atoms with E-state index in [0.29, 0.717) is 30.5 Å². The average molecular weight is 292 g/mol. The van der Waals surface area contributed by atoms with Crippen LogP contribution in [-0.4, -0.2) is 34.8 Å². The summed E-state index contributed by atoms with van der Waals surface area (Å²) in [6.45, 7) is 4.72. The number of nitrogens with one attached hydrogen (secondary N) is 1. The van der Waals surface area contributed by atoms with Gasteiger partial charge in [-0.1, -0.05) is 6.92 Å². The number of aromatic nitrogens is 1. The number of nitrogens with zero attached hydrogens (tertiary/aromatic N) is 1. The van der Waals surface area contributed by atoms with Crippen molar-refractivity contribution in [3.05, 3.63) is 23.9 Å². The number of rotatable bonds is 5. The van der Waals surface area contributed by atoms with E-state index in [9.17, 15) is 9.90 Å². The third-order valence-electron chi connectivity index (χ3n) is 4.09. The van der Waals surface area contributed by atoms with E-state index in [-0.39, 0.29) is 0 Å². The van der Waals surface area contributed by atoms with E-state index in [1.807, 2.05) is 0 Å². The molecule has 1 aromatic rings. The Morgan fingerprint density at radius 1 is 1.52 bits per heavy atom. The molecule has 0 radical (unpaired) electrons. The molecule has 1 saturated carbocycles. The van der Waals surface area contributed by atoms with Crippen molar-refractivity contribution in [1.29, 1.82) is 0 Å². The van der Waals surface area contributed by atoms with Crippen LogP contribution in [0.4, 0.5) is 5.82 Å². The topological polar surface area (TPSA) is 71.5 Å². The van der Waals surface area contributed by atoms with Crippen LogP contribution in [0.3, 0.4) is 0 Å². The van der Waals surface area contributed by atoms with Crippen LogP contribution in [0.5, 0.6) is 0 Å². The molecule has 0 aliphatic heterocycles. The van der Waals surface area contributed by atoms with Gasteiger partial charge in [-0.15, -0.1) is 0 Å². The predicted octanol–water partition coefficient (Wildman–Crippen LogP) is 2.61. The maximum atomic E-state index is 11.9. The van der Waals surface area contributed by atoms with Crippen molar-refractivity contribution >= 4 is 11.8 Å². The van der Waals surface area contributed by atoms with Crippen molar-refractivity contribution < 1.29 is 14.6 Å².